The highest BCUT2D eigenvalue weighted by Gasteiger charge is 2.12. The number of oxazole rings is 1. The molecule has 0 saturated heterocycles. The molecule has 14 heavy (non-hydrogen) atoms. The Morgan fingerprint density at radius 3 is 2.86 bits per heavy atom. The van der Waals surface area contributed by atoms with Crippen LogP contribution in [0.25, 0.3) is 11.6 Å². The van der Waals surface area contributed by atoms with Gasteiger partial charge in [-0.1, -0.05) is 0 Å². The number of rotatable bonds is 2. The number of aryl methyl sites for hydroxylation is 2. The van der Waals surface area contributed by atoms with Crippen molar-refractivity contribution in [1.29, 1.82) is 0 Å². The Hall–Kier alpha value is -1.62. The average molecular weight is 192 g/mol. The highest BCUT2D eigenvalue weighted by molar-refractivity contribution is 5.46. The summed E-state index contributed by atoms with van der Waals surface area (Å²) in [6.45, 7) is 2.25. The van der Waals surface area contributed by atoms with Crippen molar-refractivity contribution in [3.05, 3.63) is 24.0 Å². The monoisotopic (exact) mass is 192 g/mol. The van der Waals surface area contributed by atoms with E-state index in [4.69, 9.17) is 10.2 Å². The molecule has 5 heteroatoms. The van der Waals surface area contributed by atoms with Crippen molar-refractivity contribution in [2.75, 3.05) is 0 Å². The first-order valence-electron chi connectivity index (χ1n) is 4.35. The summed E-state index contributed by atoms with van der Waals surface area (Å²) >= 11 is 0. The Balaban J connectivity index is 2.47. The van der Waals surface area contributed by atoms with Crippen molar-refractivity contribution in [3.8, 4) is 11.6 Å². The number of hydrogen-bond acceptors (Lipinski definition) is 4. The lowest BCUT2D eigenvalue weighted by Crippen LogP contribution is -1.95. The van der Waals surface area contributed by atoms with Gasteiger partial charge in [-0.2, -0.15) is 0 Å². The van der Waals surface area contributed by atoms with Crippen molar-refractivity contribution in [2.24, 2.45) is 12.8 Å². The summed E-state index contributed by atoms with van der Waals surface area (Å²) in [7, 11) is 1.89. The molecular weight excluding hydrogens is 180 g/mol. The second kappa shape index (κ2) is 3.26. The topological polar surface area (TPSA) is 69.9 Å². The lowest BCUT2D eigenvalue weighted by molar-refractivity contribution is 0.514. The van der Waals surface area contributed by atoms with Crippen molar-refractivity contribution >= 4 is 0 Å². The van der Waals surface area contributed by atoms with Gasteiger partial charge in [-0.25, -0.2) is 9.97 Å². The van der Waals surface area contributed by atoms with Gasteiger partial charge in [0, 0.05) is 7.05 Å². The number of nitrogens with zero attached hydrogens (tertiary/aromatic N) is 3. The summed E-state index contributed by atoms with van der Waals surface area (Å²) in [6.07, 6.45) is 3.42. The highest BCUT2D eigenvalue weighted by atomic mass is 16.4. The fourth-order valence-corrected chi connectivity index (χ4v) is 1.29. The van der Waals surface area contributed by atoms with E-state index in [2.05, 4.69) is 9.97 Å². The maximum absolute atomic E-state index is 5.50. The second-order valence-corrected chi connectivity index (χ2v) is 3.12. The molecule has 2 heterocycles. The minimum absolute atomic E-state index is 0.372. The summed E-state index contributed by atoms with van der Waals surface area (Å²) in [6, 6.07) is 0. The van der Waals surface area contributed by atoms with Crippen molar-refractivity contribution in [3.63, 3.8) is 0 Å². The van der Waals surface area contributed by atoms with Gasteiger partial charge in [-0.05, 0) is 6.92 Å². The summed E-state index contributed by atoms with van der Waals surface area (Å²) < 4.78 is 7.34. The van der Waals surface area contributed by atoms with E-state index in [1.165, 1.54) is 0 Å². The van der Waals surface area contributed by atoms with E-state index in [9.17, 15) is 0 Å². The molecule has 0 aromatic carbocycles. The van der Waals surface area contributed by atoms with Crippen LogP contribution in [-0.2, 0) is 13.6 Å². The van der Waals surface area contributed by atoms with Crippen molar-refractivity contribution in [2.45, 2.75) is 13.5 Å². The van der Waals surface area contributed by atoms with Crippen LogP contribution in [0.5, 0.6) is 0 Å². The Morgan fingerprint density at radius 2 is 2.36 bits per heavy atom. The number of hydrogen-bond donors (Lipinski definition) is 1. The number of imidazole rings is 1. The molecule has 0 aliphatic rings. The van der Waals surface area contributed by atoms with E-state index in [1.807, 2.05) is 18.5 Å². The summed E-state index contributed by atoms with van der Waals surface area (Å²) in [5.41, 5.74) is 7.19. The first kappa shape index (κ1) is 8.96. The van der Waals surface area contributed by atoms with Gasteiger partial charge in [0.25, 0.3) is 0 Å². The predicted octanol–water partition coefficient (Wildman–Crippen LogP) is 0.842. The molecule has 0 bridgehead atoms. The molecule has 0 aliphatic carbocycles. The minimum Gasteiger partial charge on any atom is -0.438 e. The number of nitrogens with two attached hydrogens (primary N) is 1. The smallest absolute Gasteiger partial charge is 0.245 e. The molecule has 74 valence electrons. The van der Waals surface area contributed by atoms with Crippen LogP contribution in [0.3, 0.4) is 0 Å². The zero-order chi connectivity index (χ0) is 10.1. The van der Waals surface area contributed by atoms with Crippen molar-refractivity contribution < 1.29 is 4.42 Å². The summed E-state index contributed by atoms with van der Waals surface area (Å²) in [5.74, 6) is 1.30. The van der Waals surface area contributed by atoms with E-state index < -0.39 is 0 Å². The summed E-state index contributed by atoms with van der Waals surface area (Å²) in [5, 5.41) is 0. The molecule has 2 rings (SSSR count). The molecule has 0 unspecified atom stereocenters. The molecular formula is C9H12N4O. The van der Waals surface area contributed by atoms with E-state index in [0.717, 1.165) is 17.1 Å². The quantitative estimate of drug-likeness (QED) is 0.765. The van der Waals surface area contributed by atoms with Crippen LogP contribution in [0, 0.1) is 6.92 Å². The maximum atomic E-state index is 5.50. The van der Waals surface area contributed by atoms with Gasteiger partial charge in [0.15, 0.2) is 0 Å². The molecule has 2 N–H and O–H groups in total. The van der Waals surface area contributed by atoms with E-state index in [1.54, 1.807) is 12.5 Å². The van der Waals surface area contributed by atoms with Crippen LogP contribution in [0.1, 0.15) is 11.5 Å². The standard InChI is InChI=1S/C9H12N4O/c1-6-8(3-10)14-9(12-6)7-4-11-5-13(7)2/h4-5H,3,10H2,1-2H3. The normalized spacial score (nSPS) is 10.8. The first-order valence-corrected chi connectivity index (χ1v) is 4.35. The summed E-state index contributed by atoms with van der Waals surface area (Å²) in [4.78, 5) is 8.27. The van der Waals surface area contributed by atoms with Crippen LogP contribution in [-0.4, -0.2) is 14.5 Å². The van der Waals surface area contributed by atoms with Crippen LogP contribution in [0.4, 0.5) is 0 Å². The molecule has 0 fully saturated rings. The lowest BCUT2D eigenvalue weighted by Gasteiger charge is -1.94. The molecule has 0 radical (unpaired) electrons. The van der Waals surface area contributed by atoms with Gasteiger partial charge in [0.2, 0.25) is 5.89 Å². The zero-order valence-electron chi connectivity index (χ0n) is 8.19. The van der Waals surface area contributed by atoms with Gasteiger partial charge in [0.05, 0.1) is 24.8 Å². The lowest BCUT2D eigenvalue weighted by atomic mass is 10.4. The van der Waals surface area contributed by atoms with Crippen LogP contribution in [0.15, 0.2) is 16.9 Å². The molecule has 0 amide bonds. The molecule has 2 aromatic rings. The Labute approximate surface area is 81.6 Å². The van der Waals surface area contributed by atoms with E-state index in [0.29, 0.717) is 12.4 Å². The third kappa shape index (κ3) is 1.31. The highest BCUT2D eigenvalue weighted by Crippen LogP contribution is 2.20. The van der Waals surface area contributed by atoms with E-state index in [-0.39, 0.29) is 0 Å². The largest absolute Gasteiger partial charge is 0.438 e. The Morgan fingerprint density at radius 1 is 1.57 bits per heavy atom. The Bertz CT molecular complexity index is 443. The fourth-order valence-electron chi connectivity index (χ4n) is 1.29. The molecule has 0 spiro atoms. The SMILES string of the molecule is Cc1nc(-c2cncn2C)oc1CN. The Kier molecular flexibility index (Phi) is 2.09. The van der Waals surface area contributed by atoms with Crippen LogP contribution >= 0.6 is 0 Å². The van der Waals surface area contributed by atoms with Gasteiger partial charge in [-0.15, -0.1) is 0 Å². The third-order valence-electron chi connectivity index (χ3n) is 2.11. The molecule has 5 nitrogen and oxygen atoms in total. The number of aromatic nitrogens is 3. The van der Waals surface area contributed by atoms with E-state index >= 15 is 0 Å². The van der Waals surface area contributed by atoms with Gasteiger partial charge >= 0.3 is 0 Å². The fraction of sp³-hybridized carbons (Fsp3) is 0.333. The van der Waals surface area contributed by atoms with Gasteiger partial charge < -0.3 is 14.7 Å². The molecule has 2 aromatic heterocycles. The maximum Gasteiger partial charge on any atom is 0.245 e. The average Bonchev–Trinajstić information content (AvgIpc) is 2.71. The second-order valence-electron chi connectivity index (χ2n) is 3.12. The molecule has 0 saturated carbocycles. The van der Waals surface area contributed by atoms with Gasteiger partial charge in [0.1, 0.15) is 11.5 Å². The molecule has 0 atom stereocenters. The predicted molar refractivity (Wildman–Crippen MR) is 51.3 cm³/mol. The third-order valence-corrected chi connectivity index (χ3v) is 2.11. The minimum atomic E-state index is 0.372. The van der Waals surface area contributed by atoms with Crippen LogP contribution < -0.4 is 5.73 Å². The van der Waals surface area contributed by atoms with Gasteiger partial charge in [-0.3, -0.25) is 0 Å². The molecule has 0 aliphatic heterocycles. The first-order chi connectivity index (χ1) is 6.72. The zero-order valence-corrected chi connectivity index (χ0v) is 8.19. The van der Waals surface area contributed by atoms with Crippen molar-refractivity contribution in [1.82, 2.24) is 14.5 Å². The van der Waals surface area contributed by atoms with Crippen LogP contribution in [0.2, 0.25) is 0 Å².